The molecule has 0 radical (unpaired) electrons. The lowest BCUT2D eigenvalue weighted by atomic mass is 10.1. The highest BCUT2D eigenvalue weighted by atomic mass is 35.5. The lowest BCUT2D eigenvalue weighted by Gasteiger charge is -2.34. The molecule has 2 saturated heterocycles. The minimum atomic E-state index is -0.295. The zero-order valence-electron chi connectivity index (χ0n) is 12.1. The molecule has 22 heavy (non-hydrogen) atoms. The van der Waals surface area contributed by atoms with Crippen LogP contribution in [-0.4, -0.2) is 36.2 Å². The number of halogens is 1. The first kappa shape index (κ1) is 16.3. The van der Waals surface area contributed by atoms with Crippen molar-refractivity contribution in [3.05, 3.63) is 47.5 Å². The normalized spacial score (nSPS) is 24.5. The maximum absolute atomic E-state index is 12.3. The number of benzene rings is 1. The third kappa shape index (κ3) is 3.24. The molecule has 0 aromatic heterocycles. The van der Waals surface area contributed by atoms with E-state index in [9.17, 15) is 4.79 Å². The van der Waals surface area contributed by atoms with Gasteiger partial charge in [-0.05, 0) is 17.6 Å². The lowest BCUT2D eigenvalue weighted by molar-refractivity contribution is 0.0715. The Morgan fingerprint density at radius 1 is 1.41 bits per heavy atom. The van der Waals surface area contributed by atoms with E-state index in [2.05, 4.69) is 11.4 Å². The van der Waals surface area contributed by atoms with Gasteiger partial charge in [0.15, 0.2) is 0 Å². The first-order chi connectivity index (χ1) is 10.3. The van der Waals surface area contributed by atoms with Crippen LogP contribution in [0.1, 0.15) is 12.0 Å². The number of carbonyl (C=O) groups is 1. The molecule has 2 atom stereocenters. The molecule has 2 aliphatic heterocycles. The van der Waals surface area contributed by atoms with Crippen molar-refractivity contribution < 1.29 is 9.53 Å². The number of fused-ring (bicyclic) bond motifs is 2. The quantitative estimate of drug-likeness (QED) is 0.849. The molecule has 2 fully saturated rings. The maximum atomic E-state index is 12.3. The number of ether oxygens (including phenoxy) is 1. The Morgan fingerprint density at radius 3 is 2.91 bits per heavy atom. The summed E-state index contributed by atoms with van der Waals surface area (Å²) in [6.45, 7) is 1.71. The van der Waals surface area contributed by atoms with Crippen LogP contribution in [0.5, 0.6) is 0 Å². The van der Waals surface area contributed by atoms with Crippen LogP contribution in [0.4, 0.5) is 4.79 Å². The molecule has 3 rings (SSSR count). The standard InChI is InChI=1S/C16H17N3O2.ClH/c17-7-6-13-8-14-9-18-10-15(13)19(14)16(20)21-11-12-4-2-1-3-5-12;/h1-6,14-15,18H,8-11H2;1H/b13-6-;. The predicted octanol–water partition coefficient (Wildman–Crippen LogP) is 2.24. The fourth-order valence-electron chi connectivity index (χ4n) is 3.03. The van der Waals surface area contributed by atoms with Crippen LogP contribution in [0, 0.1) is 11.3 Å². The van der Waals surface area contributed by atoms with Gasteiger partial charge in [0.05, 0.1) is 18.2 Å². The summed E-state index contributed by atoms with van der Waals surface area (Å²) in [6, 6.07) is 11.7. The highest BCUT2D eigenvalue weighted by Crippen LogP contribution is 2.32. The Labute approximate surface area is 136 Å². The highest BCUT2D eigenvalue weighted by molar-refractivity contribution is 5.85. The van der Waals surface area contributed by atoms with Gasteiger partial charge in [-0.3, -0.25) is 4.90 Å². The van der Waals surface area contributed by atoms with Gasteiger partial charge in [0, 0.05) is 19.2 Å². The minimum Gasteiger partial charge on any atom is -0.445 e. The van der Waals surface area contributed by atoms with Crippen LogP contribution in [-0.2, 0) is 11.3 Å². The van der Waals surface area contributed by atoms with Crippen LogP contribution < -0.4 is 5.32 Å². The van der Waals surface area contributed by atoms with Gasteiger partial charge in [-0.15, -0.1) is 12.4 Å². The van der Waals surface area contributed by atoms with Crippen molar-refractivity contribution in [3.63, 3.8) is 0 Å². The van der Waals surface area contributed by atoms with Crippen molar-refractivity contribution in [2.45, 2.75) is 25.1 Å². The molecular weight excluding hydrogens is 302 g/mol. The number of piperazine rings is 1. The Balaban J connectivity index is 0.00000176. The molecule has 2 bridgehead atoms. The van der Waals surface area contributed by atoms with E-state index in [1.54, 1.807) is 11.0 Å². The Hall–Kier alpha value is -2.03. The van der Waals surface area contributed by atoms with Crippen LogP contribution in [0.15, 0.2) is 42.0 Å². The van der Waals surface area contributed by atoms with Crippen LogP contribution in [0.2, 0.25) is 0 Å². The third-order valence-electron chi connectivity index (χ3n) is 4.01. The molecule has 0 saturated carbocycles. The van der Waals surface area contributed by atoms with Crippen molar-refractivity contribution in [2.75, 3.05) is 13.1 Å². The summed E-state index contributed by atoms with van der Waals surface area (Å²) in [5.74, 6) is 0. The molecule has 1 aromatic carbocycles. The van der Waals surface area contributed by atoms with E-state index in [1.165, 1.54) is 0 Å². The monoisotopic (exact) mass is 319 g/mol. The number of nitrogens with zero attached hydrogens (tertiary/aromatic N) is 2. The number of allylic oxidation sites excluding steroid dienone is 1. The van der Waals surface area contributed by atoms with Gasteiger partial charge in [0.25, 0.3) is 0 Å². The molecule has 2 unspecified atom stereocenters. The summed E-state index contributed by atoms with van der Waals surface area (Å²) in [6.07, 6.45) is 2.03. The van der Waals surface area contributed by atoms with Gasteiger partial charge in [0.1, 0.15) is 6.61 Å². The van der Waals surface area contributed by atoms with Crippen molar-refractivity contribution in [1.82, 2.24) is 10.2 Å². The van der Waals surface area contributed by atoms with Crippen LogP contribution in [0.25, 0.3) is 0 Å². The van der Waals surface area contributed by atoms with E-state index in [4.69, 9.17) is 10.00 Å². The maximum Gasteiger partial charge on any atom is 0.410 e. The second kappa shape index (κ2) is 7.30. The Kier molecular flexibility index (Phi) is 5.42. The van der Waals surface area contributed by atoms with Gasteiger partial charge < -0.3 is 10.1 Å². The number of rotatable bonds is 2. The van der Waals surface area contributed by atoms with E-state index in [0.29, 0.717) is 6.54 Å². The van der Waals surface area contributed by atoms with Gasteiger partial charge in [0.2, 0.25) is 0 Å². The van der Waals surface area contributed by atoms with Crippen molar-refractivity contribution in [3.8, 4) is 6.07 Å². The molecule has 0 aliphatic carbocycles. The fraction of sp³-hybridized carbons (Fsp3) is 0.375. The predicted molar refractivity (Wildman–Crippen MR) is 84.5 cm³/mol. The molecule has 116 valence electrons. The zero-order chi connectivity index (χ0) is 14.7. The average Bonchev–Trinajstić information content (AvgIpc) is 2.72. The minimum absolute atomic E-state index is 0. The summed E-state index contributed by atoms with van der Waals surface area (Å²) >= 11 is 0. The van der Waals surface area contributed by atoms with Crippen molar-refractivity contribution in [1.29, 1.82) is 5.26 Å². The molecule has 5 nitrogen and oxygen atoms in total. The Bertz CT molecular complexity index is 597. The van der Waals surface area contributed by atoms with Gasteiger partial charge >= 0.3 is 6.09 Å². The lowest BCUT2D eigenvalue weighted by Crippen LogP contribution is -2.54. The smallest absolute Gasteiger partial charge is 0.410 e. The third-order valence-corrected chi connectivity index (χ3v) is 4.01. The van der Waals surface area contributed by atoms with E-state index in [0.717, 1.165) is 24.1 Å². The number of hydrogen-bond donors (Lipinski definition) is 1. The number of amides is 1. The van der Waals surface area contributed by atoms with Gasteiger partial charge in [-0.1, -0.05) is 30.3 Å². The van der Waals surface area contributed by atoms with Gasteiger partial charge in [-0.2, -0.15) is 5.26 Å². The molecular formula is C16H18ClN3O2. The second-order valence-electron chi connectivity index (χ2n) is 5.33. The van der Waals surface area contributed by atoms with Gasteiger partial charge in [-0.25, -0.2) is 4.79 Å². The topological polar surface area (TPSA) is 65.4 Å². The molecule has 2 heterocycles. The average molecular weight is 320 g/mol. The fourth-order valence-corrected chi connectivity index (χ4v) is 3.03. The van der Waals surface area contributed by atoms with E-state index < -0.39 is 0 Å². The molecule has 1 amide bonds. The summed E-state index contributed by atoms with van der Waals surface area (Å²) in [7, 11) is 0. The van der Waals surface area contributed by atoms with Crippen molar-refractivity contribution in [2.24, 2.45) is 0 Å². The van der Waals surface area contributed by atoms with E-state index in [-0.39, 0.29) is 37.2 Å². The van der Waals surface area contributed by atoms with Crippen LogP contribution >= 0.6 is 12.4 Å². The van der Waals surface area contributed by atoms with Crippen LogP contribution in [0.3, 0.4) is 0 Å². The number of carbonyl (C=O) groups excluding carboxylic acids is 1. The summed E-state index contributed by atoms with van der Waals surface area (Å²) < 4.78 is 5.42. The highest BCUT2D eigenvalue weighted by Gasteiger charge is 2.43. The summed E-state index contributed by atoms with van der Waals surface area (Å²) in [5, 5.41) is 12.1. The summed E-state index contributed by atoms with van der Waals surface area (Å²) in [5.41, 5.74) is 1.99. The first-order valence-corrected chi connectivity index (χ1v) is 7.08. The molecule has 2 aliphatic rings. The number of nitriles is 1. The first-order valence-electron chi connectivity index (χ1n) is 7.08. The molecule has 6 heteroatoms. The number of hydrogen-bond acceptors (Lipinski definition) is 4. The largest absolute Gasteiger partial charge is 0.445 e. The van der Waals surface area contributed by atoms with E-state index in [1.807, 2.05) is 30.3 Å². The number of nitrogens with one attached hydrogen (secondary N) is 1. The molecule has 1 aromatic rings. The SMILES string of the molecule is Cl.N#C/C=C1/CC2CNCC1N2C(=O)OCc1ccccc1. The summed E-state index contributed by atoms with van der Waals surface area (Å²) in [4.78, 5) is 14.1. The zero-order valence-corrected chi connectivity index (χ0v) is 12.9. The molecule has 1 N–H and O–H groups in total. The molecule has 0 spiro atoms. The van der Waals surface area contributed by atoms with Crippen molar-refractivity contribution >= 4 is 18.5 Å². The van der Waals surface area contributed by atoms with E-state index >= 15 is 0 Å². The second-order valence-corrected chi connectivity index (χ2v) is 5.33. The Morgan fingerprint density at radius 2 is 2.18 bits per heavy atom.